The summed E-state index contributed by atoms with van der Waals surface area (Å²) in [6.45, 7) is 1.96. The van der Waals surface area contributed by atoms with E-state index in [-0.39, 0.29) is 11.7 Å². The number of nitrogens with one attached hydrogen (secondary N) is 1. The number of likely N-dealkylation sites (tertiary alicyclic amines) is 1. The second kappa shape index (κ2) is 10.0. The number of hydrogen-bond donors (Lipinski definition) is 2. The van der Waals surface area contributed by atoms with Gasteiger partial charge in [0.2, 0.25) is 0 Å². The van der Waals surface area contributed by atoms with Gasteiger partial charge in [0, 0.05) is 41.3 Å². The second-order valence-electron chi connectivity index (χ2n) is 9.86. The van der Waals surface area contributed by atoms with E-state index in [1.807, 2.05) is 39.9 Å². The molecule has 0 atom stereocenters. The van der Waals surface area contributed by atoms with Crippen molar-refractivity contribution in [1.82, 2.24) is 19.4 Å². The Labute approximate surface area is 221 Å². The molecule has 0 saturated carbocycles. The van der Waals surface area contributed by atoms with E-state index in [0.717, 1.165) is 70.3 Å². The number of benzene rings is 2. The van der Waals surface area contributed by atoms with Crippen molar-refractivity contribution in [1.29, 1.82) is 5.26 Å². The Morgan fingerprint density at radius 1 is 1.08 bits per heavy atom. The minimum Gasteiger partial charge on any atom is -0.343 e. The Balaban J connectivity index is 1.35. The van der Waals surface area contributed by atoms with Crippen LogP contribution in [0.1, 0.15) is 35.6 Å². The standard InChI is InChI=1S/C29H26FN5O2S/c30-23-3-1-2-19(12-23)16-35-17-22(15-31)25-5-4-21(13-28(25)35)24-6-9-32-29-26(24)14-27(33-29)20-7-10-34(11-8-20)18-38(36)37/h1-6,9,12-14,17,20,38H,7-8,10-11,16,18H2,(H,32,33). The molecular weight excluding hydrogens is 501 g/mol. The minimum absolute atomic E-state index is 0.122. The molecule has 0 aliphatic carbocycles. The number of piperidine rings is 1. The number of thiol groups is 1. The van der Waals surface area contributed by atoms with Crippen LogP contribution in [0.3, 0.4) is 0 Å². The normalized spacial score (nSPS) is 15.0. The van der Waals surface area contributed by atoms with Crippen LogP contribution in [0.4, 0.5) is 4.39 Å². The van der Waals surface area contributed by atoms with Gasteiger partial charge in [0.1, 0.15) is 17.5 Å². The summed E-state index contributed by atoms with van der Waals surface area (Å²) in [4.78, 5) is 10.1. The van der Waals surface area contributed by atoms with Gasteiger partial charge in [-0.2, -0.15) is 5.26 Å². The van der Waals surface area contributed by atoms with E-state index in [1.165, 1.54) is 12.1 Å². The van der Waals surface area contributed by atoms with Gasteiger partial charge in [-0.3, -0.25) is 4.90 Å². The van der Waals surface area contributed by atoms with Crippen molar-refractivity contribution in [2.24, 2.45) is 0 Å². The average Bonchev–Trinajstić information content (AvgIpc) is 3.50. The molecule has 0 radical (unpaired) electrons. The molecule has 38 heavy (non-hydrogen) atoms. The van der Waals surface area contributed by atoms with E-state index < -0.39 is 10.7 Å². The zero-order valence-corrected chi connectivity index (χ0v) is 21.5. The molecule has 1 fully saturated rings. The fourth-order valence-corrected chi connectivity index (χ4v) is 6.19. The first-order valence-electron chi connectivity index (χ1n) is 12.6. The first kappa shape index (κ1) is 24.3. The van der Waals surface area contributed by atoms with Crippen molar-refractivity contribution in [3.63, 3.8) is 0 Å². The maximum atomic E-state index is 13.8. The highest BCUT2D eigenvalue weighted by atomic mass is 32.2. The number of H-pyrrole nitrogens is 1. The molecule has 1 saturated heterocycles. The topological polar surface area (TPSA) is 94.8 Å². The summed E-state index contributed by atoms with van der Waals surface area (Å²) in [7, 11) is -2.40. The number of aromatic nitrogens is 3. The van der Waals surface area contributed by atoms with E-state index >= 15 is 0 Å². The van der Waals surface area contributed by atoms with Crippen molar-refractivity contribution in [2.45, 2.75) is 25.3 Å². The molecule has 1 aliphatic heterocycles. The van der Waals surface area contributed by atoms with E-state index in [4.69, 9.17) is 0 Å². The molecular formula is C29H26FN5O2S. The summed E-state index contributed by atoms with van der Waals surface area (Å²) >= 11 is 0. The Hall–Kier alpha value is -4.00. The van der Waals surface area contributed by atoms with Gasteiger partial charge in [-0.25, -0.2) is 17.8 Å². The predicted octanol–water partition coefficient (Wildman–Crippen LogP) is 4.99. The lowest BCUT2D eigenvalue weighted by Gasteiger charge is -2.29. The second-order valence-corrected chi connectivity index (χ2v) is 10.8. The molecule has 4 heterocycles. The van der Waals surface area contributed by atoms with E-state index in [0.29, 0.717) is 18.0 Å². The number of pyridine rings is 1. The number of fused-ring (bicyclic) bond motifs is 2. The maximum Gasteiger partial charge on any atom is 0.153 e. The summed E-state index contributed by atoms with van der Waals surface area (Å²) in [5.74, 6) is 0.161. The Morgan fingerprint density at radius 2 is 1.92 bits per heavy atom. The van der Waals surface area contributed by atoms with Gasteiger partial charge in [0.25, 0.3) is 0 Å². The SMILES string of the molecule is N#Cc1cn(Cc2cccc(F)c2)c2cc(-c3ccnc4[nH]c(C5CCN(C[SH](=O)=O)CC5)cc34)ccc12. The van der Waals surface area contributed by atoms with Crippen LogP contribution in [0.2, 0.25) is 0 Å². The number of rotatable bonds is 6. The van der Waals surface area contributed by atoms with Crippen LogP contribution in [0.25, 0.3) is 33.1 Å². The number of hydrogen-bond acceptors (Lipinski definition) is 5. The van der Waals surface area contributed by atoms with E-state index in [9.17, 15) is 18.1 Å². The molecule has 1 N–H and O–H groups in total. The lowest BCUT2D eigenvalue weighted by molar-refractivity contribution is 0.241. The summed E-state index contributed by atoms with van der Waals surface area (Å²) in [6, 6.07) is 19.0. The molecule has 2 aromatic carbocycles. The summed E-state index contributed by atoms with van der Waals surface area (Å²) in [6.07, 6.45) is 5.40. The Morgan fingerprint density at radius 3 is 2.68 bits per heavy atom. The number of nitriles is 1. The summed E-state index contributed by atoms with van der Waals surface area (Å²) in [5.41, 5.74) is 6.30. The molecule has 7 nitrogen and oxygen atoms in total. The monoisotopic (exact) mass is 527 g/mol. The van der Waals surface area contributed by atoms with Crippen LogP contribution in [0, 0.1) is 17.1 Å². The van der Waals surface area contributed by atoms with Gasteiger partial charge in [-0.05, 0) is 73.0 Å². The number of nitrogens with zero attached hydrogens (tertiary/aromatic N) is 4. The first-order valence-corrected chi connectivity index (χ1v) is 13.9. The summed E-state index contributed by atoms with van der Waals surface area (Å²) < 4.78 is 38.0. The third-order valence-electron chi connectivity index (χ3n) is 7.45. The molecule has 3 aromatic heterocycles. The summed E-state index contributed by atoms with van der Waals surface area (Å²) in [5, 5.41) is 11.6. The number of aromatic amines is 1. The molecule has 5 aromatic rings. The van der Waals surface area contributed by atoms with Crippen LogP contribution in [-0.2, 0) is 17.2 Å². The lowest BCUT2D eigenvalue weighted by Crippen LogP contribution is -2.34. The van der Waals surface area contributed by atoms with Crippen LogP contribution < -0.4 is 0 Å². The minimum atomic E-state index is -2.40. The largest absolute Gasteiger partial charge is 0.343 e. The van der Waals surface area contributed by atoms with Gasteiger partial charge < -0.3 is 9.55 Å². The van der Waals surface area contributed by atoms with Crippen molar-refractivity contribution >= 4 is 32.6 Å². The van der Waals surface area contributed by atoms with Gasteiger partial charge in [-0.1, -0.05) is 24.3 Å². The lowest BCUT2D eigenvalue weighted by atomic mass is 9.93. The Kier molecular flexibility index (Phi) is 6.44. The van der Waals surface area contributed by atoms with Crippen LogP contribution in [0.15, 0.2) is 67.0 Å². The molecule has 6 rings (SSSR count). The zero-order chi connectivity index (χ0) is 26.2. The molecule has 0 bridgehead atoms. The van der Waals surface area contributed by atoms with Crippen molar-refractivity contribution in [2.75, 3.05) is 19.0 Å². The third-order valence-corrected chi connectivity index (χ3v) is 8.08. The van der Waals surface area contributed by atoms with Crippen molar-refractivity contribution in [3.05, 3.63) is 89.6 Å². The van der Waals surface area contributed by atoms with Crippen LogP contribution in [0.5, 0.6) is 0 Å². The van der Waals surface area contributed by atoms with Crippen LogP contribution >= 0.6 is 0 Å². The molecule has 1 aliphatic rings. The highest BCUT2D eigenvalue weighted by Crippen LogP contribution is 2.35. The highest BCUT2D eigenvalue weighted by Gasteiger charge is 2.23. The van der Waals surface area contributed by atoms with Gasteiger partial charge >= 0.3 is 0 Å². The van der Waals surface area contributed by atoms with E-state index in [2.05, 4.69) is 28.2 Å². The third kappa shape index (κ3) is 4.69. The predicted molar refractivity (Wildman–Crippen MR) is 146 cm³/mol. The van der Waals surface area contributed by atoms with Crippen molar-refractivity contribution < 1.29 is 12.8 Å². The quantitative estimate of drug-likeness (QED) is 0.303. The molecule has 9 heteroatoms. The molecule has 192 valence electrons. The van der Waals surface area contributed by atoms with Crippen molar-refractivity contribution in [3.8, 4) is 17.2 Å². The highest BCUT2D eigenvalue weighted by molar-refractivity contribution is 7.72. The zero-order valence-electron chi connectivity index (χ0n) is 20.6. The maximum absolute atomic E-state index is 13.8. The fraction of sp³-hybridized carbons (Fsp3) is 0.241. The number of halogens is 1. The average molecular weight is 528 g/mol. The van der Waals surface area contributed by atoms with Gasteiger partial charge in [-0.15, -0.1) is 0 Å². The van der Waals surface area contributed by atoms with Crippen LogP contribution in [-0.4, -0.2) is 46.8 Å². The molecule has 0 unspecified atom stereocenters. The molecule has 0 amide bonds. The smallest absolute Gasteiger partial charge is 0.153 e. The van der Waals surface area contributed by atoms with Gasteiger partial charge in [0.15, 0.2) is 10.7 Å². The van der Waals surface area contributed by atoms with E-state index in [1.54, 1.807) is 12.3 Å². The molecule has 0 spiro atoms. The fourth-order valence-electron chi connectivity index (χ4n) is 5.58. The Bertz CT molecular complexity index is 1770. The first-order chi connectivity index (χ1) is 18.5. The van der Waals surface area contributed by atoms with Gasteiger partial charge in [0.05, 0.1) is 17.0 Å².